The summed E-state index contributed by atoms with van der Waals surface area (Å²) in [4.78, 5) is 33.4. The number of para-hydroxylation sites is 1. The Morgan fingerprint density at radius 2 is 1.58 bits per heavy atom. The Kier molecular flexibility index (Phi) is 6.85. The van der Waals surface area contributed by atoms with E-state index in [0.717, 1.165) is 56.7 Å². The molecule has 1 fully saturated rings. The second-order valence-corrected chi connectivity index (χ2v) is 10.4. The molecule has 2 unspecified atom stereocenters. The molecule has 3 aromatic rings. The van der Waals surface area contributed by atoms with E-state index in [1.54, 1.807) is 6.07 Å². The molecule has 0 spiro atoms. The Morgan fingerprint density at radius 3 is 2.39 bits per heavy atom. The summed E-state index contributed by atoms with van der Waals surface area (Å²) in [7, 11) is 0. The molecule has 0 aromatic heterocycles. The van der Waals surface area contributed by atoms with Gasteiger partial charge >= 0.3 is 0 Å². The van der Waals surface area contributed by atoms with Gasteiger partial charge in [0.15, 0.2) is 0 Å². The van der Waals surface area contributed by atoms with Gasteiger partial charge in [-0.2, -0.15) is 0 Å². The van der Waals surface area contributed by atoms with Crippen LogP contribution in [0.5, 0.6) is 0 Å². The van der Waals surface area contributed by atoms with Crippen molar-refractivity contribution in [1.29, 1.82) is 0 Å². The van der Waals surface area contributed by atoms with Crippen LogP contribution in [0.15, 0.2) is 72.8 Å². The zero-order chi connectivity index (χ0) is 26.1. The summed E-state index contributed by atoms with van der Waals surface area (Å²) in [6.07, 6.45) is 1.64. The van der Waals surface area contributed by atoms with Crippen molar-refractivity contribution in [3.63, 3.8) is 0 Å². The number of anilines is 1. The zero-order valence-electron chi connectivity index (χ0n) is 21.5. The van der Waals surface area contributed by atoms with Crippen molar-refractivity contribution in [1.82, 2.24) is 15.1 Å². The first-order valence-corrected chi connectivity index (χ1v) is 13.6. The summed E-state index contributed by atoms with van der Waals surface area (Å²) >= 11 is 0. The smallest absolute Gasteiger partial charge is 0.254 e. The lowest BCUT2D eigenvalue weighted by Gasteiger charge is -2.45. The van der Waals surface area contributed by atoms with Gasteiger partial charge < -0.3 is 15.1 Å². The van der Waals surface area contributed by atoms with Crippen molar-refractivity contribution in [3.8, 4) is 0 Å². The molecule has 0 saturated carbocycles. The van der Waals surface area contributed by atoms with Crippen molar-refractivity contribution >= 4 is 17.5 Å². The van der Waals surface area contributed by atoms with Crippen molar-refractivity contribution in [2.75, 3.05) is 50.7 Å². The molecule has 3 aliphatic rings. The molecule has 196 valence electrons. The predicted molar refractivity (Wildman–Crippen MR) is 146 cm³/mol. The number of piperazine rings is 1. The lowest BCUT2D eigenvalue weighted by Crippen LogP contribution is -2.50. The monoisotopic (exact) mass is 512 g/mol. The second-order valence-electron chi connectivity index (χ2n) is 10.4. The van der Waals surface area contributed by atoms with Crippen LogP contribution in [0, 0.1) is 5.82 Å². The molecule has 1 N–H and O–H groups in total. The Labute approximate surface area is 223 Å². The minimum Gasteiger partial charge on any atom is -0.367 e. The van der Waals surface area contributed by atoms with Gasteiger partial charge in [-0.3, -0.25) is 14.5 Å². The van der Waals surface area contributed by atoms with E-state index in [4.69, 9.17) is 0 Å². The van der Waals surface area contributed by atoms with E-state index in [2.05, 4.69) is 27.2 Å². The van der Waals surface area contributed by atoms with Crippen molar-refractivity contribution < 1.29 is 14.0 Å². The van der Waals surface area contributed by atoms with Crippen molar-refractivity contribution in [2.45, 2.75) is 24.8 Å². The number of rotatable bonds is 6. The number of hydrogen-bond donors (Lipinski definition) is 1. The Bertz CT molecular complexity index is 1340. The largest absolute Gasteiger partial charge is 0.367 e. The molecule has 1 saturated heterocycles. The average Bonchev–Trinajstić information content (AvgIpc) is 2.96. The van der Waals surface area contributed by atoms with Crippen molar-refractivity contribution in [3.05, 3.63) is 101 Å². The highest BCUT2D eigenvalue weighted by atomic mass is 19.1. The molecule has 2 atom stereocenters. The number of nitrogens with zero attached hydrogens (tertiary/aromatic N) is 3. The van der Waals surface area contributed by atoms with Crippen LogP contribution >= 0.6 is 0 Å². The quantitative estimate of drug-likeness (QED) is 0.508. The standard InChI is InChI=1S/C31H33FN4O2/c32-26-12-5-6-13-27(26)35-20-18-34(19-21-35)16-7-15-33-30(37)28-24-10-3-4-11-25(24)31(38)36-17-14-22-8-1-2-9-23(22)29(28)36/h1-6,8-13,28-29H,7,14-21H2,(H,33,37). The van der Waals surface area contributed by atoms with Gasteiger partial charge in [-0.05, 0) is 54.3 Å². The Balaban J connectivity index is 1.09. The molecule has 2 amide bonds. The van der Waals surface area contributed by atoms with Crippen LogP contribution in [0.25, 0.3) is 0 Å². The number of amides is 2. The molecular weight excluding hydrogens is 479 g/mol. The highest BCUT2D eigenvalue weighted by Gasteiger charge is 2.46. The van der Waals surface area contributed by atoms with E-state index in [1.165, 1.54) is 11.6 Å². The third-order valence-corrected chi connectivity index (χ3v) is 8.23. The van der Waals surface area contributed by atoms with Crippen LogP contribution in [-0.2, 0) is 11.2 Å². The number of hydrogen-bond acceptors (Lipinski definition) is 4. The van der Waals surface area contributed by atoms with Gasteiger partial charge in [0.25, 0.3) is 5.91 Å². The van der Waals surface area contributed by atoms with E-state index >= 15 is 0 Å². The van der Waals surface area contributed by atoms with Gasteiger partial charge in [-0.25, -0.2) is 4.39 Å². The second kappa shape index (κ2) is 10.6. The zero-order valence-corrected chi connectivity index (χ0v) is 21.5. The van der Waals surface area contributed by atoms with Crippen LogP contribution in [0.2, 0.25) is 0 Å². The highest BCUT2D eigenvalue weighted by Crippen LogP contribution is 2.45. The Morgan fingerprint density at radius 1 is 0.868 bits per heavy atom. The lowest BCUT2D eigenvalue weighted by atomic mass is 9.76. The predicted octanol–water partition coefficient (Wildman–Crippen LogP) is 3.99. The first-order chi connectivity index (χ1) is 18.6. The van der Waals surface area contributed by atoms with Crippen LogP contribution in [0.1, 0.15) is 45.4 Å². The molecule has 0 aliphatic carbocycles. The van der Waals surface area contributed by atoms with E-state index in [1.807, 2.05) is 53.4 Å². The molecule has 3 aliphatic heterocycles. The lowest BCUT2D eigenvalue weighted by molar-refractivity contribution is -0.124. The Hall–Kier alpha value is -3.71. The number of benzene rings is 3. The van der Waals surface area contributed by atoms with Crippen LogP contribution < -0.4 is 10.2 Å². The topological polar surface area (TPSA) is 55.9 Å². The molecule has 0 radical (unpaired) electrons. The number of fused-ring (bicyclic) bond motifs is 4. The molecular formula is C31H33FN4O2. The summed E-state index contributed by atoms with van der Waals surface area (Å²) in [6, 6.07) is 22.4. The summed E-state index contributed by atoms with van der Waals surface area (Å²) < 4.78 is 14.1. The van der Waals surface area contributed by atoms with Gasteiger partial charge in [0.1, 0.15) is 5.82 Å². The molecule has 3 aromatic carbocycles. The van der Waals surface area contributed by atoms with Crippen molar-refractivity contribution in [2.24, 2.45) is 0 Å². The summed E-state index contributed by atoms with van der Waals surface area (Å²) in [5, 5.41) is 3.19. The maximum atomic E-state index is 14.1. The fourth-order valence-electron chi connectivity index (χ4n) is 6.30. The molecule has 6 rings (SSSR count). The van der Waals surface area contributed by atoms with Crippen LogP contribution in [-0.4, -0.2) is 67.4 Å². The van der Waals surface area contributed by atoms with E-state index < -0.39 is 5.92 Å². The third kappa shape index (κ3) is 4.56. The van der Waals surface area contributed by atoms with Gasteiger partial charge in [0.05, 0.1) is 17.6 Å². The van der Waals surface area contributed by atoms with E-state index in [0.29, 0.717) is 24.3 Å². The van der Waals surface area contributed by atoms with Gasteiger partial charge in [0, 0.05) is 44.8 Å². The number of carbonyl (C=O) groups is 2. The summed E-state index contributed by atoms with van der Waals surface area (Å²) in [5.41, 5.74) is 4.42. The molecule has 7 heteroatoms. The van der Waals surface area contributed by atoms with Gasteiger partial charge in [-0.15, -0.1) is 0 Å². The van der Waals surface area contributed by atoms with Gasteiger partial charge in [0.2, 0.25) is 5.91 Å². The SMILES string of the molecule is O=C(NCCCN1CCN(c2ccccc2F)CC1)C1c2ccccc2C(=O)N2CCc3ccccc3C12. The number of carbonyl (C=O) groups excluding carboxylic acids is 2. The average molecular weight is 513 g/mol. The minimum absolute atomic E-state index is 0.0127. The van der Waals surface area contributed by atoms with E-state index in [9.17, 15) is 14.0 Å². The summed E-state index contributed by atoms with van der Waals surface area (Å²) in [5.74, 6) is -0.622. The molecule has 0 bridgehead atoms. The molecule has 6 nitrogen and oxygen atoms in total. The maximum absolute atomic E-state index is 14.1. The minimum atomic E-state index is -0.435. The van der Waals surface area contributed by atoms with Crippen LogP contribution in [0.4, 0.5) is 10.1 Å². The fraction of sp³-hybridized carbons (Fsp3) is 0.355. The van der Waals surface area contributed by atoms with E-state index in [-0.39, 0.29) is 23.7 Å². The first kappa shape index (κ1) is 24.6. The maximum Gasteiger partial charge on any atom is 0.254 e. The first-order valence-electron chi connectivity index (χ1n) is 13.6. The third-order valence-electron chi connectivity index (χ3n) is 8.23. The fourth-order valence-corrected chi connectivity index (χ4v) is 6.30. The molecule has 3 heterocycles. The normalized spacial score (nSPS) is 20.9. The number of nitrogens with one attached hydrogen (secondary N) is 1. The highest BCUT2D eigenvalue weighted by molar-refractivity contribution is 6.01. The molecule has 38 heavy (non-hydrogen) atoms. The van der Waals surface area contributed by atoms with Crippen LogP contribution in [0.3, 0.4) is 0 Å². The summed E-state index contributed by atoms with van der Waals surface area (Å²) in [6.45, 7) is 5.39. The van der Waals surface area contributed by atoms with Gasteiger partial charge in [-0.1, -0.05) is 54.6 Å². The number of halogens is 1.